The van der Waals surface area contributed by atoms with Crippen LogP contribution in [0.4, 0.5) is 0 Å². The summed E-state index contributed by atoms with van der Waals surface area (Å²) in [7, 11) is 0. The molecule has 12 heavy (non-hydrogen) atoms. The van der Waals surface area contributed by atoms with Crippen molar-refractivity contribution >= 4 is 0 Å². The molecule has 0 spiro atoms. The highest BCUT2D eigenvalue weighted by atomic mass is 16.5. The molecule has 0 aromatic carbocycles. The Morgan fingerprint density at radius 3 is 2.58 bits per heavy atom. The van der Waals surface area contributed by atoms with Crippen LogP contribution in [-0.2, 0) is 4.74 Å². The minimum atomic E-state index is 0.925. The van der Waals surface area contributed by atoms with E-state index >= 15 is 0 Å². The Balaban J connectivity index is 2.15. The summed E-state index contributed by atoms with van der Waals surface area (Å²) in [5.74, 6) is 1.87. The predicted molar refractivity (Wildman–Crippen MR) is 52.2 cm³/mol. The van der Waals surface area contributed by atoms with Crippen LogP contribution < -0.4 is 0 Å². The van der Waals surface area contributed by atoms with Crippen LogP contribution >= 0.6 is 0 Å². The van der Waals surface area contributed by atoms with Gasteiger partial charge in [-0.15, -0.1) is 0 Å². The lowest BCUT2D eigenvalue weighted by Crippen LogP contribution is -2.21. The van der Waals surface area contributed by atoms with Crippen molar-refractivity contribution in [2.45, 2.75) is 46.0 Å². The number of rotatable bonds is 4. The van der Waals surface area contributed by atoms with Crippen molar-refractivity contribution in [3.8, 4) is 0 Å². The fraction of sp³-hybridized carbons (Fsp3) is 1.00. The Hall–Kier alpha value is -0.0400. The summed E-state index contributed by atoms with van der Waals surface area (Å²) in [4.78, 5) is 0. The Morgan fingerprint density at radius 2 is 2.00 bits per heavy atom. The molecule has 0 bridgehead atoms. The third-order valence-corrected chi connectivity index (χ3v) is 3.08. The number of unbranched alkanes of at least 4 members (excludes halogenated alkanes) is 1. The van der Waals surface area contributed by atoms with Gasteiger partial charge in [0.1, 0.15) is 0 Å². The zero-order chi connectivity index (χ0) is 8.81. The minimum absolute atomic E-state index is 0.925. The normalized spacial score (nSPS) is 22.5. The van der Waals surface area contributed by atoms with E-state index in [1.807, 2.05) is 0 Å². The Labute approximate surface area is 76.5 Å². The van der Waals surface area contributed by atoms with E-state index in [9.17, 15) is 0 Å². The molecule has 1 aliphatic rings. The van der Waals surface area contributed by atoms with Gasteiger partial charge in [-0.25, -0.2) is 0 Å². The molecule has 1 aliphatic heterocycles. The fourth-order valence-electron chi connectivity index (χ4n) is 2.05. The van der Waals surface area contributed by atoms with Crippen molar-refractivity contribution in [1.29, 1.82) is 0 Å². The maximum Gasteiger partial charge on any atom is 0.0468 e. The van der Waals surface area contributed by atoms with Crippen LogP contribution in [0.15, 0.2) is 0 Å². The van der Waals surface area contributed by atoms with Gasteiger partial charge in [-0.2, -0.15) is 0 Å². The van der Waals surface area contributed by atoms with Crippen molar-refractivity contribution in [1.82, 2.24) is 0 Å². The van der Waals surface area contributed by atoms with Gasteiger partial charge in [0.25, 0.3) is 0 Å². The highest BCUT2D eigenvalue weighted by Crippen LogP contribution is 2.26. The topological polar surface area (TPSA) is 9.23 Å². The lowest BCUT2D eigenvalue weighted by molar-refractivity contribution is 0.0477. The molecule has 1 rings (SSSR count). The van der Waals surface area contributed by atoms with Crippen LogP contribution in [0.25, 0.3) is 0 Å². The van der Waals surface area contributed by atoms with Crippen molar-refractivity contribution < 1.29 is 4.74 Å². The summed E-state index contributed by atoms with van der Waals surface area (Å²) >= 11 is 0. The number of ether oxygens (including phenoxy) is 1. The zero-order valence-corrected chi connectivity index (χ0v) is 8.51. The first-order valence-corrected chi connectivity index (χ1v) is 5.42. The average molecular weight is 170 g/mol. The van der Waals surface area contributed by atoms with Crippen molar-refractivity contribution in [3.05, 3.63) is 0 Å². The van der Waals surface area contributed by atoms with E-state index in [-0.39, 0.29) is 0 Å². The van der Waals surface area contributed by atoms with Crippen molar-refractivity contribution in [2.75, 3.05) is 13.2 Å². The second kappa shape index (κ2) is 5.58. The van der Waals surface area contributed by atoms with E-state index in [0.717, 1.165) is 25.0 Å². The predicted octanol–water partition coefficient (Wildman–Crippen LogP) is 3.24. The Kier molecular flexibility index (Phi) is 4.67. The van der Waals surface area contributed by atoms with Crippen LogP contribution in [0.3, 0.4) is 0 Å². The summed E-state index contributed by atoms with van der Waals surface area (Å²) in [6.45, 7) is 6.69. The molecule has 0 aromatic heterocycles. The number of hydrogen-bond acceptors (Lipinski definition) is 1. The van der Waals surface area contributed by atoms with Crippen LogP contribution in [0, 0.1) is 11.8 Å². The summed E-state index contributed by atoms with van der Waals surface area (Å²) in [5.41, 5.74) is 0. The van der Waals surface area contributed by atoms with E-state index < -0.39 is 0 Å². The summed E-state index contributed by atoms with van der Waals surface area (Å²) in [5, 5.41) is 0. The molecule has 1 heterocycles. The fourth-order valence-corrected chi connectivity index (χ4v) is 2.05. The first kappa shape index (κ1) is 10.0. The van der Waals surface area contributed by atoms with E-state index in [2.05, 4.69) is 13.8 Å². The smallest absolute Gasteiger partial charge is 0.0468 e. The molecule has 1 saturated heterocycles. The lowest BCUT2D eigenvalue weighted by Gasteiger charge is -2.27. The SMILES string of the molecule is CCCCC(C)C1CCOCC1. The Morgan fingerprint density at radius 1 is 1.33 bits per heavy atom. The molecule has 0 amide bonds. The maximum atomic E-state index is 5.35. The molecule has 1 atom stereocenters. The van der Waals surface area contributed by atoms with Gasteiger partial charge in [0.2, 0.25) is 0 Å². The van der Waals surface area contributed by atoms with Gasteiger partial charge < -0.3 is 4.74 Å². The lowest BCUT2D eigenvalue weighted by atomic mass is 9.84. The van der Waals surface area contributed by atoms with Gasteiger partial charge in [0, 0.05) is 13.2 Å². The molecule has 0 aliphatic carbocycles. The quantitative estimate of drug-likeness (QED) is 0.629. The van der Waals surface area contributed by atoms with Crippen LogP contribution in [0.1, 0.15) is 46.0 Å². The third kappa shape index (κ3) is 3.14. The second-order valence-corrected chi connectivity index (χ2v) is 4.07. The van der Waals surface area contributed by atoms with Gasteiger partial charge >= 0.3 is 0 Å². The third-order valence-electron chi connectivity index (χ3n) is 3.08. The molecular weight excluding hydrogens is 148 g/mol. The first-order chi connectivity index (χ1) is 5.84. The van der Waals surface area contributed by atoms with Crippen LogP contribution in [-0.4, -0.2) is 13.2 Å². The zero-order valence-electron chi connectivity index (χ0n) is 8.51. The van der Waals surface area contributed by atoms with Gasteiger partial charge in [0.15, 0.2) is 0 Å². The van der Waals surface area contributed by atoms with Crippen molar-refractivity contribution in [3.63, 3.8) is 0 Å². The molecule has 72 valence electrons. The van der Waals surface area contributed by atoms with E-state index in [0.29, 0.717) is 0 Å². The molecule has 0 N–H and O–H groups in total. The highest BCUT2D eigenvalue weighted by Gasteiger charge is 2.19. The van der Waals surface area contributed by atoms with Gasteiger partial charge in [-0.1, -0.05) is 33.1 Å². The molecule has 1 fully saturated rings. The highest BCUT2D eigenvalue weighted by molar-refractivity contribution is 4.69. The summed E-state index contributed by atoms with van der Waals surface area (Å²) in [6, 6.07) is 0. The number of hydrogen-bond donors (Lipinski definition) is 0. The van der Waals surface area contributed by atoms with E-state index in [4.69, 9.17) is 4.74 Å². The monoisotopic (exact) mass is 170 g/mol. The Bertz CT molecular complexity index is 106. The van der Waals surface area contributed by atoms with Gasteiger partial charge in [-0.05, 0) is 24.7 Å². The van der Waals surface area contributed by atoms with Crippen LogP contribution in [0.5, 0.6) is 0 Å². The van der Waals surface area contributed by atoms with E-state index in [1.54, 1.807) is 0 Å². The average Bonchev–Trinajstić information content (AvgIpc) is 2.15. The van der Waals surface area contributed by atoms with Gasteiger partial charge in [0.05, 0.1) is 0 Å². The standard InChI is InChI=1S/C11H22O/c1-3-4-5-10(2)11-6-8-12-9-7-11/h10-11H,3-9H2,1-2H3. The second-order valence-electron chi connectivity index (χ2n) is 4.07. The molecular formula is C11H22O. The molecule has 0 aromatic rings. The summed E-state index contributed by atoms with van der Waals surface area (Å²) in [6.07, 6.45) is 6.75. The maximum absolute atomic E-state index is 5.35. The van der Waals surface area contributed by atoms with Crippen molar-refractivity contribution in [2.24, 2.45) is 11.8 Å². The molecule has 1 heteroatoms. The summed E-state index contributed by atoms with van der Waals surface area (Å²) < 4.78 is 5.35. The van der Waals surface area contributed by atoms with Crippen LogP contribution in [0.2, 0.25) is 0 Å². The minimum Gasteiger partial charge on any atom is -0.381 e. The first-order valence-electron chi connectivity index (χ1n) is 5.42. The molecule has 0 radical (unpaired) electrons. The van der Waals surface area contributed by atoms with E-state index in [1.165, 1.54) is 32.1 Å². The molecule has 0 saturated carbocycles. The molecule has 1 nitrogen and oxygen atoms in total. The van der Waals surface area contributed by atoms with Gasteiger partial charge in [-0.3, -0.25) is 0 Å². The molecule has 1 unspecified atom stereocenters. The largest absolute Gasteiger partial charge is 0.381 e.